The van der Waals surface area contributed by atoms with E-state index in [1.54, 1.807) is 101 Å². The van der Waals surface area contributed by atoms with Gasteiger partial charge in [0.05, 0.1) is 113 Å². The van der Waals surface area contributed by atoms with Crippen LogP contribution < -0.4 is 5.59 Å². The quantitative estimate of drug-likeness (QED) is 0.0323. The van der Waals surface area contributed by atoms with Gasteiger partial charge in [0.2, 0.25) is 22.7 Å². The lowest BCUT2D eigenvalue weighted by molar-refractivity contribution is 0.00578. The van der Waals surface area contributed by atoms with Crippen LogP contribution in [0, 0.1) is 91.3 Å². The molecule has 0 radical (unpaired) electrons. The normalized spacial score (nSPS) is 13.7. The first-order valence-corrected chi connectivity index (χ1v) is 47.7. The number of hydrogen-bond donors (Lipinski definition) is 0. The summed E-state index contributed by atoms with van der Waals surface area (Å²) in [6, 6.07) is 67.8. The molecule has 14 aromatic carbocycles. The van der Waals surface area contributed by atoms with Gasteiger partial charge in [-0.15, -0.1) is 0 Å². The van der Waals surface area contributed by atoms with Crippen molar-refractivity contribution in [2.24, 2.45) is 28.2 Å². The van der Waals surface area contributed by atoms with E-state index in [9.17, 15) is 35.1 Å². The van der Waals surface area contributed by atoms with Crippen LogP contribution in [0.2, 0.25) is 5.02 Å². The van der Waals surface area contributed by atoms with Crippen molar-refractivity contribution in [2.45, 2.75) is 51.0 Å². The largest absolute Gasteiger partial charge is 0.514 e. The molecular formula is C104H73BBr5ClF8I2N14O2. The van der Waals surface area contributed by atoms with E-state index < -0.39 is 17.5 Å². The Morgan fingerprint density at radius 3 is 1.24 bits per heavy atom. The number of halogens is 16. The summed E-state index contributed by atoms with van der Waals surface area (Å²) in [7, 11) is 8.85. The average molecular weight is 2400 g/mol. The molecule has 0 saturated carbocycles. The fourth-order valence-corrected chi connectivity index (χ4v) is 19.8. The van der Waals surface area contributed by atoms with Crippen LogP contribution in [0.15, 0.2) is 290 Å². The van der Waals surface area contributed by atoms with Gasteiger partial charge in [-0.05, 0) is 266 Å². The van der Waals surface area contributed by atoms with Gasteiger partial charge >= 0.3 is 7.12 Å². The lowest BCUT2D eigenvalue weighted by atomic mass is 9.85. The van der Waals surface area contributed by atoms with Gasteiger partial charge < -0.3 is 9.31 Å². The first kappa shape index (κ1) is 103. The number of aryl methyl sites for hydroxylation is 4. The van der Waals surface area contributed by atoms with Crippen molar-refractivity contribution in [1.82, 2.24) is 44.0 Å². The third kappa shape index (κ3) is 22.6. The molecule has 1 saturated heterocycles. The minimum Gasteiger partial charge on any atom is -0.398 e. The third-order valence-corrected chi connectivity index (χ3v) is 28.6. The summed E-state index contributed by atoms with van der Waals surface area (Å²) in [6.45, 7) is 37.4. The minimum atomic E-state index is -0.418. The maximum atomic E-state index is 14.5. The van der Waals surface area contributed by atoms with E-state index in [-0.39, 0.29) is 59.0 Å². The van der Waals surface area contributed by atoms with Crippen molar-refractivity contribution in [1.29, 1.82) is 5.26 Å². The van der Waals surface area contributed by atoms with Gasteiger partial charge in [-0.2, -0.15) is 25.7 Å². The molecule has 0 aliphatic carbocycles. The molecule has 3 aliphatic rings. The zero-order valence-electron chi connectivity index (χ0n) is 73.8. The van der Waals surface area contributed by atoms with Crippen molar-refractivity contribution >= 4 is 237 Å². The van der Waals surface area contributed by atoms with Crippen molar-refractivity contribution in [3.8, 4) is 39.8 Å². The first-order chi connectivity index (χ1) is 65.4. The number of aromatic nitrogens is 8. The second-order valence-electron chi connectivity index (χ2n) is 31.7. The van der Waals surface area contributed by atoms with E-state index >= 15 is 0 Å². The SMILES string of the molecule is CN1C2C=CC1c1c(Br)cc(F)cc12.Cn1nccc1B1OC(C)(C)C(C)(C)O1.Fc1cc(Br)c(Cl)c(Br)c1.Fc1cc(Br)c2ccccc2c1.N#Cc1cc(F)cc2ccccc12.[C-]#[N+]c1c(-c2c(Br)cnn2C)c(F)cc2ccccc12.[C-]#[N+]c1c(-c2c(I)cnn2C)c(F)cc2ccccc12.[C-]#[N+]c1c(-c2ccnn2C)c(F)cc2ccccc12.[C-]#[N+]c1c(I)c(F)cc2ccccc12. The number of nitriles is 1. The van der Waals surface area contributed by atoms with Gasteiger partial charge in [0.25, 0.3) is 0 Å². The predicted molar refractivity (Wildman–Crippen MR) is 563 cm³/mol. The Morgan fingerprint density at radius 1 is 0.409 bits per heavy atom. The standard InChI is InChI=1S/C15H9BrFN3.C15H9FIN3.C15H10FN3.C11H9BrFN.C11H5FIN.C11H6FN.C10H17BN2O2.C10H6BrF.C6H2Br2ClF/c1-18-14-10-6-4-3-5-9(10)7-12(17)13(14)15-11(16)8-19-20(15)2;1-18-14-10-6-4-3-5-9(10)7-11(16)13(14)15-12(17)8-19-20(15)2;1-17-15-11-6-4-3-5-10(11)9-12(16)14(15)13-7-8-18-19(13)2;1-14-9-2-3-10(14)11-7(9)4-6(13)5-8(11)12;1-14-11-8-5-3-2-4-7(8)6-9(12)10(11)13;12-10-5-8-3-1-2-4-11(8)9(6-10)7-13;1-9(2)10(3,4)15-11(14-9)8-6-7-12-13(8)5;11-10-6-8(12)5-7-3-1-2-4-9(7)10;7-4-1-3(10)2-5(8)6(4)9/h2*3-8H,2H3;3-9H,2H3;2-5,9-10H,1H3;2-6H;1-6H;6-7H,1-5H3;1-6H;1-2H. The Hall–Kier alpha value is -11.8. The van der Waals surface area contributed by atoms with Crippen molar-refractivity contribution < 1.29 is 44.4 Å². The lowest BCUT2D eigenvalue weighted by Crippen LogP contribution is -2.41. The molecular weight excluding hydrogens is 2330 g/mol. The molecule has 2 bridgehead atoms. The number of nitrogens with zero attached hydrogens (tertiary/aromatic N) is 14. The highest BCUT2D eigenvalue weighted by molar-refractivity contribution is 14.1. The highest BCUT2D eigenvalue weighted by Gasteiger charge is 2.53. The summed E-state index contributed by atoms with van der Waals surface area (Å²) in [6.07, 6.45) is 10.9. The second-order valence-corrected chi connectivity index (χ2v) is 38.6. The van der Waals surface area contributed by atoms with E-state index in [4.69, 9.17) is 52.5 Å². The minimum absolute atomic E-state index is 0.162. The second kappa shape index (κ2) is 44.8. The third-order valence-electron chi connectivity index (χ3n) is 22.7. The number of rotatable bonds is 4. The van der Waals surface area contributed by atoms with Crippen LogP contribution in [0.4, 0.5) is 57.9 Å². The van der Waals surface area contributed by atoms with Gasteiger partial charge in [-0.3, -0.25) is 23.6 Å². The van der Waals surface area contributed by atoms with E-state index in [1.165, 1.54) is 66.2 Å². The van der Waals surface area contributed by atoms with Crippen LogP contribution >= 0.6 is 136 Å². The maximum absolute atomic E-state index is 14.5. The van der Waals surface area contributed by atoms with Crippen LogP contribution in [-0.2, 0) is 37.5 Å². The summed E-state index contributed by atoms with van der Waals surface area (Å²) in [5, 5.41) is 35.2. The molecule has 0 amide bonds. The van der Waals surface area contributed by atoms with Gasteiger partial charge in [0, 0.05) is 75.2 Å². The molecule has 137 heavy (non-hydrogen) atoms. The van der Waals surface area contributed by atoms with E-state index in [1.807, 2.05) is 197 Å². The fourth-order valence-electron chi connectivity index (χ4n) is 15.4. The number of hydrogen-bond acceptors (Lipinski definition) is 8. The van der Waals surface area contributed by atoms with Crippen molar-refractivity contribution in [3.05, 3.63) is 411 Å². The molecule has 0 spiro atoms. The number of benzene rings is 14. The highest BCUT2D eigenvalue weighted by Crippen LogP contribution is 2.51. The Balaban J connectivity index is 0.000000131. The number of fused-ring (bicyclic) bond motifs is 11. The molecule has 33 heteroatoms. The number of likely N-dealkylation sites (N-methyl/N-ethyl adjacent to an activating group) is 1. The van der Waals surface area contributed by atoms with Crippen molar-refractivity contribution in [3.63, 3.8) is 0 Å². The molecule has 3 aliphatic heterocycles. The molecule has 4 aromatic heterocycles. The summed E-state index contributed by atoms with van der Waals surface area (Å²) in [5.74, 6) is -2.58. The molecule has 0 N–H and O–H groups in total. The molecule has 686 valence electrons. The molecule has 21 rings (SSSR count). The molecule has 2 atom stereocenters. The van der Waals surface area contributed by atoms with E-state index in [0.29, 0.717) is 84.6 Å². The molecule has 18 aromatic rings. The van der Waals surface area contributed by atoms with Crippen LogP contribution in [0.25, 0.3) is 118 Å². The fraction of sp³-hybridized carbons (Fsp3) is 0.125. The van der Waals surface area contributed by atoms with Crippen LogP contribution in [0.5, 0.6) is 0 Å². The Bertz CT molecular complexity index is 7740. The first-order valence-electron chi connectivity index (χ1n) is 41.2. The van der Waals surface area contributed by atoms with Gasteiger partial charge in [0.15, 0.2) is 0 Å². The van der Waals surface area contributed by atoms with Crippen LogP contribution in [-0.4, -0.2) is 69.4 Å². The monoisotopic (exact) mass is 2400 g/mol. The van der Waals surface area contributed by atoms with E-state index in [2.05, 4.69) is 166 Å². The van der Waals surface area contributed by atoms with Gasteiger partial charge in [-0.1, -0.05) is 224 Å². The van der Waals surface area contributed by atoms with Gasteiger partial charge in [0.1, 0.15) is 46.5 Å². The highest BCUT2D eigenvalue weighted by atomic mass is 127. The zero-order chi connectivity index (χ0) is 98.8. The smallest absolute Gasteiger partial charge is 0.398 e. The Morgan fingerprint density at radius 2 is 0.788 bits per heavy atom. The van der Waals surface area contributed by atoms with Crippen LogP contribution in [0.1, 0.15) is 56.5 Å². The topological polar surface area (TPSA) is 134 Å². The summed E-state index contributed by atoms with van der Waals surface area (Å²) in [5.41, 5.74) is 7.20. The zero-order valence-corrected chi connectivity index (χ0v) is 86.8. The average Bonchev–Trinajstić information content (AvgIpc) is 1.55. The molecule has 1 fully saturated rings. The summed E-state index contributed by atoms with van der Waals surface area (Å²) >= 11 is 25.9. The Kier molecular flexibility index (Phi) is 33.5. The predicted octanol–water partition coefficient (Wildman–Crippen LogP) is 31.8. The van der Waals surface area contributed by atoms with E-state index in [0.717, 1.165) is 88.3 Å². The summed E-state index contributed by atoms with van der Waals surface area (Å²) in [4.78, 5) is 16.2. The molecule has 7 heterocycles. The van der Waals surface area contributed by atoms with Crippen molar-refractivity contribution in [2.75, 3.05) is 7.05 Å². The maximum Gasteiger partial charge on any atom is 0.514 e. The molecule has 16 nitrogen and oxygen atoms in total. The Labute approximate surface area is 858 Å². The molecule has 2 unspecified atom stereocenters. The summed E-state index contributed by atoms with van der Waals surface area (Å²) < 4.78 is 131. The lowest BCUT2D eigenvalue weighted by Gasteiger charge is -2.32. The van der Waals surface area contributed by atoms with Gasteiger partial charge in [-0.25, -0.2) is 54.5 Å². The van der Waals surface area contributed by atoms with Crippen LogP contribution in [0.3, 0.4) is 0 Å².